The van der Waals surface area contributed by atoms with Crippen LogP contribution in [0.5, 0.6) is 0 Å². The number of aryl methyl sites for hydroxylation is 2. The number of H-pyrrole nitrogens is 1. The van der Waals surface area contributed by atoms with E-state index < -0.39 is 0 Å². The van der Waals surface area contributed by atoms with Crippen LogP contribution in [-0.2, 0) is 0 Å². The van der Waals surface area contributed by atoms with E-state index in [0.717, 1.165) is 11.3 Å². The number of aromatic amines is 1. The van der Waals surface area contributed by atoms with Gasteiger partial charge in [-0.05, 0) is 31.5 Å². The number of benzene rings is 1. The van der Waals surface area contributed by atoms with Crippen LogP contribution in [0.15, 0.2) is 28.4 Å². The molecule has 1 heterocycles. The van der Waals surface area contributed by atoms with Crippen molar-refractivity contribution in [2.75, 3.05) is 0 Å². The predicted molar refractivity (Wildman–Crippen MR) is 59.8 cm³/mol. The Kier molecular flexibility index (Phi) is 2.25. The summed E-state index contributed by atoms with van der Waals surface area (Å²) in [5.41, 5.74) is 4.42. The fourth-order valence-electron chi connectivity index (χ4n) is 1.55. The van der Waals surface area contributed by atoms with Gasteiger partial charge in [-0.15, -0.1) is 0 Å². The lowest BCUT2D eigenvalue weighted by molar-refractivity contribution is 1.31. The molecule has 0 bridgehead atoms. The molecule has 0 amide bonds. The van der Waals surface area contributed by atoms with Gasteiger partial charge in [0, 0.05) is 5.38 Å². The van der Waals surface area contributed by atoms with Crippen LogP contribution in [0.1, 0.15) is 11.1 Å². The molecule has 0 atom stereocenters. The first-order valence-corrected chi connectivity index (χ1v) is 5.29. The van der Waals surface area contributed by atoms with Crippen molar-refractivity contribution >= 4 is 11.3 Å². The number of thiazole rings is 1. The second kappa shape index (κ2) is 3.42. The third-order valence-corrected chi connectivity index (χ3v) is 2.72. The van der Waals surface area contributed by atoms with E-state index >= 15 is 0 Å². The fraction of sp³-hybridized carbons (Fsp3) is 0.182. The minimum absolute atomic E-state index is 0.000779. The van der Waals surface area contributed by atoms with Gasteiger partial charge in [0.25, 0.3) is 0 Å². The van der Waals surface area contributed by atoms with Crippen molar-refractivity contribution in [2.45, 2.75) is 13.8 Å². The Bertz CT molecular complexity index is 490. The normalized spacial score (nSPS) is 10.4. The van der Waals surface area contributed by atoms with Gasteiger partial charge in [-0.2, -0.15) is 0 Å². The van der Waals surface area contributed by atoms with E-state index in [-0.39, 0.29) is 4.87 Å². The summed E-state index contributed by atoms with van der Waals surface area (Å²) in [5.74, 6) is 0. The lowest BCUT2D eigenvalue weighted by Crippen LogP contribution is -1.92. The van der Waals surface area contributed by atoms with Crippen molar-refractivity contribution in [3.63, 3.8) is 0 Å². The highest BCUT2D eigenvalue weighted by atomic mass is 32.1. The molecule has 0 radical (unpaired) electrons. The minimum atomic E-state index is -0.000779. The van der Waals surface area contributed by atoms with Crippen molar-refractivity contribution in [2.24, 2.45) is 0 Å². The number of hydrogen-bond donors (Lipinski definition) is 1. The molecule has 0 spiro atoms. The van der Waals surface area contributed by atoms with Crippen LogP contribution in [0.4, 0.5) is 0 Å². The molecule has 0 saturated heterocycles. The molecule has 0 unspecified atom stereocenters. The van der Waals surface area contributed by atoms with E-state index in [2.05, 4.69) is 37.0 Å². The molecule has 3 heteroatoms. The van der Waals surface area contributed by atoms with Gasteiger partial charge in [-0.1, -0.05) is 28.5 Å². The molecule has 2 nitrogen and oxygen atoms in total. The van der Waals surface area contributed by atoms with Gasteiger partial charge in [0.2, 0.25) is 0 Å². The van der Waals surface area contributed by atoms with Gasteiger partial charge in [0.05, 0.1) is 5.69 Å². The summed E-state index contributed by atoms with van der Waals surface area (Å²) < 4.78 is 0. The third kappa shape index (κ3) is 1.77. The van der Waals surface area contributed by atoms with Crippen molar-refractivity contribution in [3.05, 3.63) is 44.4 Å². The van der Waals surface area contributed by atoms with Gasteiger partial charge in [-0.25, -0.2) is 0 Å². The zero-order valence-corrected chi connectivity index (χ0v) is 8.94. The third-order valence-electron chi connectivity index (χ3n) is 2.05. The van der Waals surface area contributed by atoms with Gasteiger partial charge < -0.3 is 4.98 Å². The molecule has 2 aromatic rings. The zero-order valence-electron chi connectivity index (χ0n) is 8.13. The predicted octanol–water partition coefficient (Wildman–Crippen LogP) is 2.72. The molecule has 72 valence electrons. The summed E-state index contributed by atoms with van der Waals surface area (Å²) in [5, 5.41) is 1.86. The van der Waals surface area contributed by atoms with Crippen LogP contribution in [0.25, 0.3) is 11.3 Å². The van der Waals surface area contributed by atoms with Gasteiger partial charge in [0.1, 0.15) is 0 Å². The number of aromatic nitrogens is 1. The van der Waals surface area contributed by atoms with Gasteiger partial charge in [0.15, 0.2) is 0 Å². The number of hydrogen-bond acceptors (Lipinski definition) is 2. The Hall–Kier alpha value is -1.35. The van der Waals surface area contributed by atoms with E-state index in [1.54, 1.807) is 0 Å². The monoisotopic (exact) mass is 205 g/mol. The zero-order chi connectivity index (χ0) is 10.1. The molecule has 14 heavy (non-hydrogen) atoms. The molecule has 2 rings (SSSR count). The van der Waals surface area contributed by atoms with E-state index in [0.29, 0.717) is 0 Å². The second-order valence-electron chi connectivity index (χ2n) is 3.44. The van der Waals surface area contributed by atoms with Crippen LogP contribution in [0.2, 0.25) is 0 Å². The van der Waals surface area contributed by atoms with Gasteiger partial charge in [-0.3, -0.25) is 4.79 Å². The summed E-state index contributed by atoms with van der Waals surface area (Å²) in [6.07, 6.45) is 0. The highest BCUT2D eigenvalue weighted by Crippen LogP contribution is 2.20. The molecule has 1 N–H and O–H groups in total. The second-order valence-corrected chi connectivity index (χ2v) is 4.28. The van der Waals surface area contributed by atoms with Crippen molar-refractivity contribution in [3.8, 4) is 11.3 Å². The van der Waals surface area contributed by atoms with E-state index in [1.165, 1.54) is 22.5 Å². The highest BCUT2D eigenvalue weighted by Gasteiger charge is 2.01. The summed E-state index contributed by atoms with van der Waals surface area (Å²) in [7, 11) is 0. The molecule has 1 aromatic carbocycles. The molecular formula is C11H11NOS. The minimum Gasteiger partial charge on any atom is -0.312 e. The topological polar surface area (TPSA) is 32.9 Å². The summed E-state index contributed by atoms with van der Waals surface area (Å²) >= 11 is 1.20. The average Bonchev–Trinajstić information content (AvgIpc) is 2.50. The summed E-state index contributed by atoms with van der Waals surface area (Å²) in [6.45, 7) is 4.11. The van der Waals surface area contributed by atoms with E-state index in [4.69, 9.17) is 0 Å². The van der Waals surface area contributed by atoms with Gasteiger partial charge >= 0.3 is 4.87 Å². The van der Waals surface area contributed by atoms with Crippen LogP contribution >= 0.6 is 11.3 Å². The van der Waals surface area contributed by atoms with E-state index in [9.17, 15) is 4.79 Å². The van der Waals surface area contributed by atoms with Crippen molar-refractivity contribution in [1.82, 2.24) is 4.98 Å². The van der Waals surface area contributed by atoms with Crippen LogP contribution in [0, 0.1) is 13.8 Å². The maximum atomic E-state index is 11.0. The lowest BCUT2D eigenvalue weighted by Gasteiger charge is -2.01. The quantitative estimate of drug-likeness (QED) is 0.763. The molecule has 0 aliphatic heterocycles. The maximum absolute atomic E-state index is 11.0. The number of rotatable bonds is 1. The van der Waals surface area contributed by atoms with Crippen molar-refractivity contribution < 1.29 is 0 Å². The number of nitrogens with one attached hydrogen (secondary N) is 1. The largest absolute Gasteiger partial charge is 0.312 e. The first-order chi connectivity index (χ1) is 6.65. The Morgan fingerprint density at radius 3 is 2.29 bits per heavy atom. The first kappa shape index (κ1) is 9.21. The van der Waals surface area contributed by atoms with Crippen LogP contribution in [0.3, 0.4) is 0 Å². The Morgan fingerprint density at radius 1 is 1.14 bits per heavy atom. The Labute approximate surface area is 86.2 Å². The molecule has 0 fully saturated rings. The highest BCUT2D eigenvalue weighted by molar-refractivity contribution is 7.07. The van der Waals surface area contributed by atoms with Crippen LogP contribution < -0.4 is 4.87 Å². The molecule has 1 aromatic heterocycles. The summed E-state index contributed by atoms with van der Waals surface area (Å²) in [4.78, 5) is 13.8. The molecule has 0 aliphatic rings. The van der Waals surface area contributed by atoms with E-state index in [1.807, 2.05) is 5.38 Å². The Balaban J connectivity index is 2.56. The standard InChI is InChI=1S/C11H11NOS/c1-7-3-8(2)5-9(4-7)10-6-14-11(13)12-10/h3-6H,1-2H3,(H,12,13). The molecule has 0 saturated carbocycles. The molecule has 0 aliphatic carbocycles. The lowest BCUT2D eigenvalue weighted by atomic mass is 10.1. The van der Waals surface area contributed by atoms with Crippen LogP contribution in [-0.4, -0.2) is 4.98 Å². The van der Waals surface area contributed by atoms with Crippen molar-refractivity contribution in [1.29, 1.82) is 0 Å². The molecular weight excluding hydrogens is 194 g/mol. The fourth-order valence-corrected chi connectivity index (χ4v) is 2.14. The smallest absolute Gasteiger partial charge is 0.304 e. The summed E-state index contributed by atoms with van der Waals surface area (Å²) in [6, 6.07) is 6.27. The Morgan fingerprint density at radius 2 is 1.79 bits per heavy atom. The average molecular weight is 205 g/mol. The maximum Gasteiger partial charge on any atom is 0.304 e. The SMILES string of the molecule is Cc1cc(C)cc(-c2csc(=O)[nH]2)c1. The first-order valence-electron chi connectivity index (χ1n) is 4.41.